The van der Waals surface area contributed by atoms with Crippen LogP contribution in [0.25, 0.3) is 0 Å². The number of unbranched alkanes of at least 4 members (excludes halogenated alkanes) is 3. The SMILES string of the molecule is CCCCCCOc1ccccc1CNc1cccc(OCC2CCCO2)c1. The van der Waals surface area contributed by atoms with Gasteiger partial charge < -0.3 is 19.5 Å². The van der Waals surface area contributed by atoms with Gasteiger partial charge in [-0.05, 0) is 37.5 Å². The molecule has 3 rings (SSSR count). The molecule has 4 heteroatoms. The fourth-order valence-corrected chi connectivity index (χ4v) is 3.36. The molecule has 0 spiro atoms. The average Bonchev–Trinajstić information content (AvgIpc) is 3.25. The molecule has 4 nitrogen and oxygen atoms in total. The monoisotopic (exact) mass is 383 g/mol. The van der Waals surface area contributed by atoms with E-state index in [1.54, 1.807) is 0 Å². The molecule has 1 atom stereocenters. The van der Waals surface area contributed by atoms with E-state index in [9.17, 15) is 0 Å². The lowest BCUT2D eigenvalue weighted by Gasteiger charge is -2.14. The third-order valence-corrected chi connectivity index (χ3v) is 5.00. The van der Waals surface area contributed by atoms with Crippen LogP contribution in [0.2, 0.25) is 0 Å². The minimum Gasteiger partial charge on any atom is -0.493 e. The van der Waals surface area contributed by atoms with Crippen LogP contribution in [-0.4, -0.2) is 25.9 Å². The van der Waals surface area contributed by atoms with Crippen LogP contribution in [0.4, 0.5) is 5.69 Å². The first-order valence-corrected chi connectivity index (χ1v) is 10.6. The number of anilines is 1. The molecule has 28 heavy (non-hydrogen) atoms. The third kappa shape index (κ3) is 6.75. The Kier molecular flexibility index (Phi) is 8.51. The van der Waals surface area contributed by atoms with Crippen molar-refractivity contribution in [3.63, 3.8) is 0 Å². The van der Waals surface area contributed by atoms with Crippen LogP contribution in [0.1, 0.15) is 51.0 Å². The summed E-state index contributed by atoms with van der Waals surface area (Å²) in [6.07, 6.45) is 7.32. The molecule has 1 aliphatic rings. The molecule has 1 saturated heterocycles. The number of ether oxygens (including phenoxy) is 3. The van der Waals surface area contributed by atoms with Crippen LogP contribution in [0.5, 0.6) is 11.5 Å². The summed E-state index contributed by atoms with van der Waals surface area (Å²) in [6.45, 7) is 5.21. The summed E-state index contributed by atoms with van der Waals surface area (Å²) in [4.78, 5) is 0. The van der Waals surface area contributed by atoms with Gasteiger partial charge in [0.2, 0.25) is 0 Å². The first-order valence-electron chi connectivity index (χ1n) is 10.6. The zero-order valence-electron chi connectivity index (χ0n) is 17.0. The molecule has 0 saturated carbocycles. The molecule has 0 bridgehead atoms. The number of benzene rings is 2. The van der Waals surface area contributed by atoms with Crippen molar-refractivity contribution in [1.29, 1.82) is 0 Å². The highest BCUT2D eigenvalue weighted by Gasteiger charge is 2.16. The zero-order valence-corrected chi connectivity index (χ0v) is 17.0. The highest BCUT2D eigenvalue weighted by molar-refractivity contribution is 5.49. The third-order valence-electron chi connectivity index (χ3n) is 5.00. The van der Waals surface area contributed by atoms with Crippen molar-refractivity contribution in [1.82, 2.24) is 0 Å². The first-order chi connectivity index (χ1) is 13.8. The van der Waals surface area contributed by atoms with Crippen molar-refractivity contribution >= 4 is 5.69 Å². The summed E-state index contributed by atoms with van der Waals surface area (Å²) in [5.74, 6) is 1.85. The van der Waals surface area contributed by atoms with E-state index in [2.05, 4.69) is 36.5 Å². The maximum absolute atomic E-state index is 6.01. The highest BCUT2D eigenvalue weighted by atomic mass is 16.5. The van der Waals surface area contributed by atoms with E-state index in [-0.39, 0.29) is 6.10 Å². The van der Waals surface area contributed by atoms with E-state index in [1.807, 2.05) is 24.3 Å². The van der Waals surface area contributed by atoms with Crippen LogP contribution in [-0.2, 0) is 11.3 Å². The van der Waals surface area contributed by atoms with Gasteiger partial charge in [-0.15, -0.1) is 0 Å². The molecule has 152 valence electrons. The molecule has 1 N–H and O–H groups in total. The number of para-hydroxylation sites is 1. The first kappa shape index (κ1) is 20.5. The Morgan fingerprint density at radius 2 is 1.96 bits per heavy atom. The van der Waals surface area contributed by atoms with Crippen molar-refractivity contribution < 1.29 is 14.2 Å². The topological polar surface area (TPSA) is 39.7 Å². The lowest BCUT2D eigenvalue weighted by Crippen LogP contribution is -2.16. The largest absolute Gasteiger partial charge is 0.493 e. The van der Waals surface area contributed by atoms with Crippen molar-refractivity contribution in [2.24, 2.45) is 0 Å². The fraction of sp³-hybridized carbons (Fsp3) is 0.500. The predicted molar refractivity (Wildman–Crippen MR) is 114 cm³/mol. The van der Waals surface area contributed by atoms with E-state index >= 15 is 0 Å². The molecule has 0 aliphatic carbocycles. The van der Waals surface area contributed by atoms with Crippen molar-refractivity contribution in [3.05, 3.63) is 54.1 Å². The Morgan fingerprint density at radius 3 is 2.82 bits per heavy atom. The van der Waals surface area contributed by atoms with Gasteiger partial charge in [-0.3, -0.25) is 0 Å². The smallest absolute Gasteiger partial charge is 0.124 e. The Morgan fingerprint density at radius 1 is 1.04 bits per heavy atom. The summed E-state index contributed by atoms with van der Waals surface area (Å²) in [5, 5.41) is 3.49. The van der Waals surface area contributed by atoms with Gasteiger partial charge in [-0.25, -0.2) is 0 Å². The fourth-order valence-electron chi connectivity index (χ4n) is 3.36. The maximum Gasteiger partial charge on any atom is 0.124 e. The van der Waals surface area contributed by atoms with Crippen molar-refractivity contribution in [2.45, 2.75) is 58.1 Å². The summed E-state index contributed by atoms with van der Waals surface area (Å²) < 4.78 is 17.5. The Hall–Kier alpha value is -2.20. The molecule has 2 aromatic rings. The minimum absolute atomic E-state index is 0.234. The van der Waals surface area contributed by atoms with Crippen LogP contribution < -0.4 is 14.8 Å². The molecular weight excluding hydrogens is 350 g/mol. The van der Waals surface area contributed by atoms with Crippen LogP contribution in [0, 0.1) is 0 Å². The van der Waals surface area contributed by atoms with Gasteiger partial charge in [-0.1, -0.05) is 50.5 Å². The number of rotatable bonds is 12. The van der Waals surface area contributed by atoms with Gasteiger partial charge in [0.1, 0.15) is 18.1 Å². The normalized spacial score (nSPS) is 16.1. The van der Waals surface area contributed by atoms with Crippen molar-refractivity contribution in [3.8, 4) is 11.5 Å². The quantitative estimate of drug-likeness (QED) is 0.469. The highest BCUT2D eigenvalue weighted by Crippen LogP contribution is 2.23. The molecule has 1 fully saturated rings. The number of hydrogen-bond donors (Lipinski definition) is 1. The lowest BCUT2D eigenvalue weighted by atomic mass is 10.2. The standard InChI is InChI=1S/C24H33NO3/c1-2-3-4-7-15-27-24-14-6-5-10-20(24)18-25-21-11-8-12-22(17-21)28-19-23-13-9-16-26-23/h5-6,8,10-12,14,17,23,25H,2-4,7,9,13,15-16,18-19H2,1H3. The van der Waals surface area contributed by atoms with E-state index in [4.69, 9.17) is 14.2 Å². The van der Waals surface area contributed by atoms with Gasteiger partial charge in [0.25, 0.3) is 0 Å². The maximum atomic E-state index is 6.01. The molecule has 0 radical (unpaired) electrons. The predicted octanol–water partition coefficient (Wildman–Crippen LogP) is 5.82. The molecule has 1 heterocycles. The molecule has 0 amide bonds. The molecule has 2 aromatic carbocycles. The summed E-state index contributed by atoms with van der Waals surface area (Å²) in [7, 11) is 0. The Balaban J connectivity index is 1.48. The second-order valence-electron chi connectivity index (χ2n) is 7.34. The summed E-state index contributed by atoms with van der Waals surface area (Å²) in [5.41, 5.74) is 2.21. The number of hydrogen-bond acceptors (Lipinski definition) is 4. The van der Waals surface area contributed by atoms with Gasteiger partial charge in [0, 0.05) is 30.5 Å². The van der Waals surface area contributed by atoms with E-state index in [0.29, 0.717) is 6.61 Å². The van der Waals surface area contributed by atoms with Gasteiger partial charge in [-0.2, -0.15) is 0 Å². The Bertz CT molecular complexity index is 698. The van der Waals surface area contributed by atoms with Crippen LogP contribution >= 0.6 is 0 Å². The lowest BCUT2D eigenvalue weighted by molar-refractivity contribution is 0.0680. The average molecular weight is 384 g/mol. The minimum atomic E-state index is 0.234. The molecule has 1 unspecified atom stereocenters. The summed E-state index contributed by atoms with van der Waals surface area (Å²) in [6, 6.07) is 16.4. The van der Waals surface area contributed by atoms with E-state index in [0.717, 1.165) is 56.2 Å². The molecule has 0 aromatic heterocycles. The molecular formula is C24H33NO3. The second-order valence-corrected chi connectivity index (χ2v) is 7.34. The second kappa shape index (κ2) is 11.6. The van der Waals surface area contributed by atoms with E-state index in [1.165, 1.54) is 24.8 Å². The summed E-state index contributed by atoms with van der Waals surface area (Å²) >= 11 is 0. The van der Waals surface area contributed by atoms with Crippen LogP contribution in [0.15, 0.2) is 48.5 Å². The van der Waals surface area contributed by atoms with Crippen molar-refractivity contribution in [2.75, 3.05) is 25.1 Å². The van der Waals surface area contributed by atoms with Gasteiger partial charge in [0.15, 0.2) is 0 Å². The van der Waals surface area contributed by atoms with Gasteiger partial charge in [0.05, 0.1) is 12.7 Å². The zero-order chi connectivity index (χ0) is 19.4. The van der Waals surface area contributed by atoms with Gasteiger partial charge >= 0.3 is 0 Å². The Labute approximate surface area is 169 Å². The van der Waals surface area contributed by atoms with E-state index < -0.39 is 0 Å². The number of nitrogens with one attached hydrogen (secondary N) is 1. The van der Waals surface area contributed by atoms with Crippen LogP contribution in [0.3, 0.4) is 0 Å². The molecule has 1 aliphatic heterocycles.